The van der Waals surface area contributed by atoms with Crippen molar-refractivity contribution < 1.29 is 133 Å². The normalized spacial score (nSPS) is 57.6. The molecule has 5 saturated carbocycles. The molecule has 27 heteroatoms. The Bertz CT molecular complexity index is 2340. The molecule has 6 heterocycles. The van der Waals surface area contributed by atoms with Crippen molar-refractivity contribution in [2.75, 3.05) is 39.6 Å². The van der Waals surface area contributed by atoms with Crippen molar-refractivity contribution in [1.82, 2.24) is 0 Å². The maximum absolute atomic E-state index is 12.7. The van der Waals surface area contributed by atoms with E-state index in [-0.39, 0.29) is 28.6 Å². The van der Waals surface area contributed by atoms with Crippen LogP contribution in [-0.4, -0.2) is 282 Å². The van der Waals surface area contributed by atoms with Crippen LogP contribution in [-0.2, 0) is 56.9 Å². The molecule has 11 rings (SSSR count). The minimum atomic E-state index is -2.05. The highest BCUT2D eigenvalue weighted by Gasteiger charge is 2.80. The molecule has 488 valence electrons. The second kappa shape index (κ2) is 23.6. The van der Waals surface area contributed by atoms with Gasteiger partial charge in [0.2, 0.25) is 0 Å². The molecule has 5 aliphatic carbocycles. The van der Waals surface area contributed by atoms with Crippen LogP contribution >= 0.6 is 0 Å². The Morgan fingerprint density at radius 3 is 1.66 bits per heavy atom. The van der Waals surface area contributed by atoms with Crippen LogP contribution in [0.3, 0.4) is 0 Å². The largest absolute Gasteiger partial charge is 0.394 e. The molecule has 1 spiro atoms. The molecule has 15 N–H and O–H groups in total. The Morgan fingerprint density at radius 1 is 0.482 bits per heavy atom. The van der Waals surface area contributed by atoms with E-state index in [4.69, 9.17) is 52.1 Å². The quantitative estimate of drug-likeness (QED) is 0.0581. The highest BCUT2D eigenvalue weighted by atomic mass is 16.8. The van der Waals surface area contributed by atoms with Crippen molar-refractivity contribution in [3.05, 3.63) is 0 Å². The lowest BCUT2D eigenvalue weighted by Gasteiger charge is -2.75. The van der Waals surface area contributed by atoms with Gasteiger partial charge in [0, 0.05) is 16.2 Å². The summed E-state index contributed by atoms with van der Waals surface area (Å²) >= 11 is 0. The van der Waals surface area contributed by atoms with Crippen LogP contribution in [0.15, 0.2) is 0 Å². The average Bonchev–Trinajstić information content (AvgIpc) is 1.68. The second-order valence-corrected chi connectivity index (χ2v) is 28.6. The maximum atomic E-state index is 12.7. The van der Waals surface area contributed by atoms with E-state index < -0.39 is 214 Å². The molecule has 11 fully saturated rings. The van der Waals surface area contributed by atoms with Crippen molar-refractivity contribution in [2.24, 2.45) is 50.2 Å². The average molecular weight is 1220 g/mol. The second-order valence-electron chi connectivity index (χ2n) is 28.6. The summed E-state index contributed by atoms with van der Waals surface area (Å²) in [6.07, 6.45) is -34.8. The molecule has 0 aromatic heterocycles. The lowest BCUT2D eigenvalue weighted by atomic mass is 9.30. The zero-order valence-electron chi connectivity index (χ0n) is 49.2. The summed E-state index contributed by atoms with van der Waals surface area (Å²) in [5, 5.41) is 165. The van der Waals surface area contributed by atoms with Gasteiger partial charge in [0.05, 0.1) is 57.5 Å². The van der Waals surface area contributed by atoms with Gasteiger partial charge in [-0.2, -0.15) is 0 Å². The molecule has 2 bridgehead atoms. The Hall–Kier alpha value is -1.37. The number of hydrogen-bond donors (Lipinski definition) is 15. The van der Waals surface area contributed by atoms with Crippen LogP contribution in [0.4, 0.5) is 0 Å². The van der Waals surface area contributed by atoms with Gasteiger partial charge in [-0.25, -0.2) is 0 Å². The monoisotopic (exact) mass is 1220 g/mol. The first-order valence-electron chi connectivity index (χ1n) is 30.6. The number of ether oxygens (including phenoxy) is 11. The Morgan fingerprint density at radius 2 is 1.04 bits per heavy atom. The zero-order valence-corrected chi connectivity index (χ0v) is 49.2. The predicted octanol–water partition coefficient (Wildman–Crippen LogP) is -4.07. The van der Waals surface area contributed by atoms with Crippen molar-refractivity contribution in [3.63, 3.8) is 0 Å². The van der Waals surface area contributed by atoms with Gasteiger partial charge in [0.25, 0.3) is 0 Å². The highest BCUT2D eigenvalue weighted by Crippen LogP contribution is 2.80. The first kappa shape index (κ1) is 65.1. The molecule has 34 atom stereocenters. The van der Waals surface area contributed by atoms with Gasteiger partial charge < -0.3 is 133 Å². The van der Waals surface area contributed by atoms with Crippen molar-refractivity contribution in [2.45, 2.75) is 265 Å². The zero-order chi connectivity index (χ0) is 61.5. The molecule has 0 amide bonds. The molecule has 0 aromatic rings. The van der Waals surface area contributed by atoms with Crippen LogP contribution in [0.2, 0.25) is 0 Å². The summed E-state index contributed by atoms with van der Waals surface area (Å²) in [5.74, 6) is 0.180. The molecule has 27 nitrogen and oxygen atoms in total. The number of rotatable bonds is 14. The van der Waals surface area contributed by atoms with Gasteiger partial charge in [0.15, 0.2) is 31.5 Å². The Labute approximate surface area is 493 Å². The Kier molecular flexibility index (Phi) is 18.1. The minimum absolute atomic E-state index is 0.00296. The number of aliphatic hydroxyl groups excluding tert-OH is 15. The fraction of sp³-hybridized carbons (Fsp3) is 0.983. The summed E-state index contributed by atoms with van der Waals surface area (Å²) in [5.41, 5.74) is -3.17. The van der Waals surface area contributed by atoms with E-state index in [2.05, 4.69) is 34.6 Å². The molecule has 11 aliphatic rings. The third-order valence-corrected chi connectivity index (χ3v) is 24.1. The molecular weight excluding hydrogens is 1130 g/mol. The van der Waals surface area contributed by atoms with Gasteiger partial charge in [-0.3, -0.25) is 0 Å². The van der Waals surface area contributed by atoms with Crippen LogP contribution < -0.4 is 0 Å². The van der Waals surface area contributed by atoms with Crippen molar-refractivity contribution in [1.29, 1.82) is 0 Å². The fourth-order valence-electron chi connectivity index (χ4n) is 18.9. The summed E-state index contributed by atoms with van der Waals surface area (Å²) in [6.45, 7) is 10.1. The topological polar surface area (TPSA) is 422 Å². The lowest BCUT2D eigenvalue weighted by Crippen LogP contribution is -2.74. The van der Waals surface area contributed by atoms with E-state index >= 15 is 0 Å². The SMILES string of the molecule is CC1(C)C2CC[C@]3(C)[C@H](CCC45OCC6(CC[C@@](C)(C=O)C[C@@H]64)[C@H](O)C[C@]53C)[C@@]2(C)CC[C@@H]1O[C@@H]1OC[C@H](O[C@H]2O[C@H](CO)[C@@H](O)[C@H](O)[C@H]2O)[C@H](O[C@H]2O[C@H](CO)[C@@H](O)[C@H](O)[C@H]2O)[C@H]1O[C@@H]1O[C@H](CO)[C@@H](O)[C@H](O)[C@H]1O[C@@H]1OC[C@@H](O)[C@H](O)[C@H]1O. The summed E-state index contributed by atoms with van der Waals surface area (Å²) in [7, 11) is 0. The smallest absolute Gasteiger partial charge is 0.187 e. The van der Waals surface area contributed by atoms with Crippen molar-refractivity contribution in [3.8, 4) is 0 Å². The third-order valence-electron chi connectivity index (χ3n) is 24.1. The molecule has 6 aliphatic heterocycles. The standard InChI is InChI=1S/C58H94O27/c1-52(2)29-7-11-55(5)30(8-12-58-31-15-53(3,22-62)13-14-57(31,23-77-58)32(64)16-56(55,58)6)54(29,4)10-9-33(52)82-50-46(85-51-45(40(71)37(68)27(19-61)80-51)84-47-41(72)34(65)24(63)20-75-47)44(83-49-43(74)39(70)36(67)26(18-60)79-49)28(21-76-50)81-48-42(73)38(69)35(66)25(17-59)78-48/h22,24-51,59-61,63-74H,7-21,23H2,1-6H3/t24-,25-,26-,27-,28+,29?,30-,31+,32-,33+,34+,35-,36-,37-,38+,39+,40+,41-,42-,43-,44+,45-,46-,47+,48-,49-,50+,51+,53-,54+,55-,56+,57?,58?/m1/s1. The van der Waals surface area contributed by atoms with Gasteiger partial charge in [-0.15, -0.1) is 0 Å². The number of hydrogen-bond acceptors (Lipinski definition) is 27. The van der Waals surface area contributed by atoms with E-state index in [9.17, 15) is 81.4 Å². The van der Waals surface area contributed by atoms with Gasteiger partial charge in [-0.05, 0) is 98.2 Å². The van der Waals surface area contributed by atoms with Crippen molar-refractivity contribution >= 4 is 6.29 Å². The van der Waals surface area contributed by atoms with Gasteiger partial charge >= 0.3 is 0 Å². The molecule has 0 aromatic carbocycles. The molecule has 3 unspecified atom stereocenters. The summed E-state index contributed by atoms with van der Waals surface area (Å²) in [6, 6.07) is 0. The highest BCUT2D eigenvalue weighted by molar-refractivity contribution is 5.59. The van der Waals surface area contributed by atoms with E-state index in [0.29, 0.717) is 38.7 Å². The van der Waals surface area contributed by atoms with Crippen LogP contribution in [0.25, 0.3) is 0 Å². The van der Waals surface area contributed by atoms with Gasteiger partial charge in [0.1, 0.15) is 116 Å². The lowest BCUT2D eigenvalue weighted by molar-refractivity contribution is -0.411. The molecule has 6 saturated heterocycles. The van der Waals surface area contributed by atoms with Gasteiger partial charge in [-0.1, -0.05) is 41.5 Å². The summed E-state index contributed by atoms with van der Waals surface area (Å²) < 4.78 is 70.0. The molecule has 85 heavy (non-hydrogen) atoms. The minimum Gasteiger partial charge on any atom is -0.394 e. The van der Waals surface area contributed by atoms with Crippen LogP contribution in [0, 0.1) is 50.2 Å². The predicted molar refractivity (Wildman–Crippen MR) is 283 cm³/mol. The number of carbonyl (C=O) groups is 1. The first-order chi connectivity index (χ1) is 40.0. The van der Waals surface area contributed by atoms with Crippen LogP contribution in [0.5, 0.6) is 0 Å². The first-order valence-corrected chi connectivity index (χ1v) is 30.6. The number of aliphatic hydroxyl groups is 15. The molecular formula is C58H94O27. The summed E-state index contributed by atoms with van der Waals surface area (Å²) in [4.78, 5) is 12.7. The van der Waals surface area contributed by atoms with E-state index in [1.54, 1.807) is 0 Å². The Balaban J connectivity index is 0.939. The number of fused-ring (bicyclic) bond motifs is 4. The fourth-order valence-corrected chi connectivity index (χ4v) is 18.9. The molecule has 0 radical (unpaired) electrons. The number of carbonyl (C=O) groups excluding carboxylic acids is 1. The van der Waals surface area contributed by atoms with E-state index in [1.807, 2.05) is 6.92 Å². The van der Waals surface area contributed by atoms with E-state index in [0.717, 1.165) is 38.4 Å². The van der Waals surface area contributed by atoms with E-state index in [1.165, 1.54) is 0 Å². The maximum Gasteiger partial charge on any atom is 0.187 e. The van der Waals surface area contributed by atoms with Crippen LogP contribution in [0.1, 0.15) is 106 Å². The number of aldehydes is 1. The third kappa shape index (κ3) is 10.2.